The van der Waals surface area contributed by atoms with Crippen LogP contribution < -0.4 is 14.8 Å². The average molecular weight is 519 g/mol. The third-order valence-corrected chi connectivity index (χ3v) is 5.44. The summed E-state index contributed by atoms with van der Waals surface area (Å²) in [6.07, 6.45) is -4.64. The fraction of sp³-hybridized carbons (Fsp3) is 0.370. The number of carboxylic acids is 1. The number of aliphatic carboxylic acids is 1. The number of amides is 1. The molecule has 0 fully saturated rings. The first kappa shape index (κ1) is 27.8. The van der Waals surface area contributed by atoms with E-state index in [1.807, 2.05) is 13.8 Å². The highest BCUT2D eigenvalue weighted by atomic mass is 19.4. The smallest absolute Gasteiger partial charge is 0.416 e. The van der Waals surface area contributed by atoms with Crippen molar-refractivity contribution in [1.82, 2.24) is 10.3 Å². The van der Waals surface area contributed by atoms with Crippen LogP contribution in [0.5, 0.6) is 11.6 Å². The van der Waals surface area contributed by atoms with E-state index in [-0.39, 0.29) is 29.9 Å². The molecule has 0 saturated carbocycles. The van der Waals surface area contributed by atoms with E-state index in [0.717, 1.165) is 12.1 Å². The summed E-state index contributed by atoms with van der Waals surface area (Å²) in [5.74, 6) is -1.54. The lowest BCUT2D eigenvalue weighted by Gasteiger charge is -2.28. The van der Waals surface area contributed by atoms with Gasteiger partial charge < -0.3 is 19.9 Å². The number of nitrogens with one attached hydrogen (secondary N) is 1. The van der Waals surface area contributed by atoms with E-state index in [0.29, 0.717) is 16.5 Å². The molecule has 3 rings (SSSR count). The number of ether oxygens (including phenoxy) is 2. The molecule has 37 heavy (non-hydrogen) atoms. The van der Waals surface area contributed by atoms with Gasteiger partial charge in [0, 0.05) is 11.5 Å². The first-order valence-electron chi connectivity index (χ1n) is 11.6. The molecule has 1 aromatic heterocycles. The number of rotatable bonds is 8. The molecular formula is C27H29F3N2O5. The zero-order chi connectivity index (χ0) is 27.5. The quantitative estimate of drug-likeness (QED) is 0.388. The highest BCUT2D eigenvalue weighted by Crippen LogP contribution is 2.33. The Labute approximate surface area is 212 Å². The van der Waals surface area contributed by atoms with Crippen LogP contribution in [0.4, 0.5) is 13.2 Å². The maximum Gasteiger partial charge on any atom is 0.416 e. The number of halogens is 3. The number of carboxylic acid groups (broad SMARTS) is 1. The molecule has 0 radical (unpaired) electrons. The van der Waals surface area contributed by atoms with Crippen LogP contribution in [0.15, 0.2) is 48.5 Å². The molecule has 0 aliphatic carbocycles. The predicted octanol–water partition coefficient (Wildman–Crippen LogP) is 5.85. The van der Waals surface area contributed by atoms with Crippen molar-refractivity contribution < 1.29 is 37.3 Å². The van der Waals surface area contributed by atoms with Gasteiger partial charge in [0.1, 0.15) is 18.2 Å². The number of carbonyl (C=O) groups is 2. The molecule has 1 heterocycles. The standard InChI is InChI=1S/C27H29F3N2O5/c1-15(2)37-20-13-9-17-8-12-19(24(33)32-23(25(34)35)26(3,4)5)22(21(17)31-20)36-14-16-6-10-18(11-7-16)27(28,29)30/h6-13,15,23H,14H2,1-5H3,(H,32,33)(H,34,35). The minimum Gasteiger partial charge on any atom is -0.486 e. The summed E-state index contributed by atoms with van der Waals surface area (Å²) in [5, 5.41) is 12.8. The van der Waals surface area contributed by atoms with Crippen molar-refractivity contribution >= 4 is 22.8 Å². The van der Waals surface area contributed by atoms with Gasteiger partial charge in [-0.2, -0.15) is 13.2 Å². The van der Waals surface area contributed by atoms with Crippen molar-refractivity contribution in [2.24, 2.45) is 5.41 Å². The van der Waals surface area contributed by atoms with Crippen LogP contribution in [0.2, 0.25) is 0 Å². The first-order valence-corrected chi connectivity index (χ1v) is 11.6. The van der Waals surface area contributed by atoms with Crippen LogP contribution in [0.1, 0.15) is 56.1 Å². The topological polar surface area (TPSA) is 97.8 Å². The fourth-order valence-corrected chi connectivity index (χ4v) is 3.58. The molecule has 0 spiro atoms. The van der Waals surface area contributed by atoms with Gasteiger partial charge in [0.05, 0.1) is 17.2 Å². The number of benzene rings is 2. The third kappa shape index (κ3) is 6.90. The predicted molar refractivity (Wildman–Crippen MR) is 132 cm³/mol. The van der Waals surface area contributed by atoms with E-state index in [1.54, 1.807) is 39.0 Å². The van der Waals surface area contributed by atoms with Gasteiger partial charge in [0.25, 0.3) is 5.91 Å². The lowest BCUT2D eigenvalue weighted by molar-refractivity contribution is -0.142. The molecule has 0 bridgehead atoms. The molecule has 0 aliphatic rings. The largest absolute Gasteiger partial charge is 0.486 e. The zero-order valence-electron chi connectivity index (χ0n) is 21.1. The van der Waals surface area contributed by atoms with Gasteiger partial charge in [-0.3, -0.25) is 4.79 Å². The Morgan fingerprint density at radius 3 is 2.16 bits per heavy atom. The molecule has 1 unspecified atom stereocenters. The van der Waals surface area contributed by atoms with Crippen molar-refractivity contribution in [3.8, 4) is 11.6 Å². The van der Waals surface area contributed by atoms with E-state index in [4.69, 9.17) is 9.47 Å². The second kappa shape index (κ2) is 10.7. The summed E-state index contributed by atoms with van der Waals surface area (Å²) < 4.78 is 50.4. The molecule has 2 aromatic carbocycles. The molecule has 7 nitrogen and oxygen atoms in total. The number of fused-ring (bicyclic) bond motifs is 1. The van der Waals surface area contributed by atoms with E-state index in [2.05, 4.69) is 10.3 Å². The molecular weight excluding hydrogens is 489 g/mol. The van der Waals surface area contributed by atoms with Gasteiger partial charge in [-0.25, -0.2) is 9.78 Å². The summed E-state index contributed by atoms with van der Waals surface area (Å²) in [6, 6.07) is 9.82. The molecule has 1 amide bonds. The lowest BCUT2D eigenvalue weighted by Crippen LogP contribution is -2.49. The van der Waals surface area contributed by atoms with Crippen LogP contribution in [0.3, 0.4) is 0 Å². The highest BCUT2D eigenvalue weighted by Gasteiger charge is 2.34. The van der Waals surface area contributed by atoms with Crippen LogP contribution >= 0.6 is 0 Å². The second-order valence-electron chi connectivity index (χ2n) is 9.92. The molecule has 3 aromatic rings. The number of alkyl halides is 3. The molecule has 0 aliphatic heterocycles. The fourth-order valence-electron chi connectivity index (χ4n) is 3.58. The Morgan fingerprint density at radius 1 is 1.00 bits per heavy atom. The summed E-state index contributed by atoms with van der Waals surface area (Å²) in [4.78, 5) is 29.6. The van der Waals surface area contributed by atoms with Gasteiger partial charge in [0.15, 0.2) is 5.75 Å². The molecule has 0 saturated heterocycles. The molecule has 198 valence electrons. The van der Waals surface area contributed by atoms with Gasteiger partial charge in [-0.05, 0) is 49.1 Å². The number of hydrogen-bond donors (Lipinski definition) is 2. The van der Waals surface area contributed by atoms with Crippen molar-refractivity contribution in [2.45, 2.75) is 59.5 Å². The van der Waals surface area contributed by atoms with Gasteiger partial charge >= 0.3 is 12.1 Å². The number of carbonyl (C=O) groups excluding carboxylic acids is 1. The van der Waals surface area contributed by atoms with Gasteiger partial charge in [-0.15, -0.1) is 0 Å². The van der Waals surface area contributed by atoms with Gasteiger partial charge in [-0.1, -0.05) is 39.0 Å². The lowest BCUT2D eigenvalue weighted by atomic mass is 9.86. The Kier molecular flexibility index (Phi) is 8.00. The van der Waals surface area contributed by atoms with Crippen molar-refractivity contribution in [2.75, 3.05) is 0 Å². The zero-order valence-corrected chi connectivity index (χ0v) is 21.1. The number of pyridine rings is 1. The summed E-state index contributed by atoms with van der Waals surface area (Å²) in [7, 11) is 0. The van der Waals surface area contributed by atoms with Crippen molar-refractivity contribution in [3.63, 3.8) is 0 Å². The first-order chi connectivity index (χ1) is 17.2. The number of hydrogen-bond acceptors (Lipinski definition) is 5. The highest BCUT2D eigenvalue weighted by molar-refractivity contribution is 6.04. The Hall–Kier alpha value is -3.82. The Morgan fingerprint density at radius 2 is 1.62 bits per heavy atom. The molecule has 2 N–H and O–H groups in total. The van der Waals surface area contributed by atoms with Crippen LogP contribution in [-0.4, -0.2) is 34.1 Å². The van der Waals surface area contributed by atoms with Crippen LogP contribution in [-0.2, 0) is 17.6 Å². The summed E-state index contributed by atoms with van der Waals surface area (Å²) >= 11 is 0. The van der Waals surface area contributed by atoms with Gasteiger partial charge in [0.2, 0.25) is 5.88 Å². The minimum absolute atomic E-state index is 0.0316. The monoisotopic (exact) mass is 518 g/mol. The van der Waals surface area contributed by atoms with Crippen LogP contribution in [0.25, 0.3) is 10.9 Å². The van der Waals surface area contributed by atoms with Crippen LogP contribution in [0, 0.1) is 5.41 Å². The number of aromatic nitrogens is 1. The summed E-state index contributed by atoms with van der Waals surface area (Å²) in [6.45, 7) is 8.56. The normalized spacial score (nSPS) is 12.9. The Bertz CT molecular complexity index is 1280. The maximum atomic E-state index is 13.3. The maximum absolute atomic E-state index is 13.3. The van der Waals surface area contributed by atoms with E-state index in [9.17, 15) is 27.9 Å². The molecule has 1 atom stereocenters. The van der Waals surface area contributed by atoms with E-state index in [1.165, 1.54) is 18.2 Å². The van der Waals surface area contributed by atoms with E-state index >= 15 is 0 Å². The average Bonchev–Trinajstić information content (AvgIpc) is 2.79. The Balaban J connectivity index is 2.03. The summed E-state index contributed by atoms with van der Waals surface area (Å²) in [5.41, 5.74) is -0.815. The van der Waals surface area contributed by atoms with Crippen molar-refractivity contribution in [3.05, 3.63) is 65.2 Å². The SMILES string of the molecule is CC(C)Oc1ccc2ccc(C(=O)NC(C(=O)O)C(C)(C)C)c(OCc3ccc(C(F)(F)F)cc3)c2n1. The van der Waals surface area contributed by atoms with E-state index < -0.39 is 35.1 Å². The van der Waals surface area contributed by atoms with Crippen molar-refractivity contribution in [1.29, 1.82) is 0 Å². The second-order valence-corrected chi connectivity index (χ2v) is 9.92. The minimum atomic E-state index is -4.47. The number of nitrogens with zero attached hydrogens (tertiary/aromatic N) is 1. The molecule has 10 heteroatoms. The third-order valence-electron chi connectivity index (χ3n) is 5.44.